The van der Waals surface area contributed by atoms with Crippen molar-refractivity contribution in [1.82, 2.24) is 5.32 Å². The number of nitrogens with one attached hydrogen (secondary N) is 1. The van der Waals surface area contributed by atoms with E-state index in [1.807, 2.05) is 6.08 Å². The van der Waals surface area contributed by atoms with Crippen molar-refractivity contribution in [1.29, 1.82) is 0 Å². The number of carbonyl (C=O) groups is 1. The van der Waals surface area contributed by atoms with Gasteiger partial charge in [0.05, 0.1) is 0 Å². The molecule has 0 bridgehead atoms. The van der Waals surface area contributed by atoms with Crippen molar-refractivity contribution in [3.8, 4) is 0 Å². The first kappa shape index (κ1) is 15.0. The van der Waals surface area contributed by atoms with Crippen LogP contribution in [0.1, 0.15) is 25.7 Å². The van der Waals surface area contributed by atoms with E-state index in [4.69, 9.17) is 9.90 Å². The third kappa shape index (κ3) is 7.28. The monoisotopic (exact) mass is 239 g/mol. The fourth-order valence-electron chi connectivity index (χ4n) is 1.33. The van der Waals surface area contributed by atoms with Crippen LogP contribution in [0.3, 0.4) is 0 Å². The largest absolute Gasteiger partial charge is 0.490 e. The summed E-state index contributed by atoms with van der Waals surface area (Å²) in [5, 5.41) is 10.6. The molecule has 2 N–H and O–H groups in total. The van der Waals surface area contributed by atoms with Gasteiger partial charge < -0.3 is 10.4 Å². The van der Waals surface area contributed by atoms with Crippen LogP contribution >= 0.6 is 0 Å². The third-order valence-corrected chi connectivity index (χ3v) is 2.11. The van der Waals surface area contributed by atoms with E-state index in [1.54, 1.807) is 0 Å². The molecule has 0 aromatic rings. The van der Waals surface area contributed by atoms with E-state index in [2.05, 4.69) is 11.9 Å². The Hall–Kier alpha value is -1.04. The first-order chi connectivity index (χ1) is 7.38. The summed E-state index contributed by atoms with van der Waals surface area (Å²) in [6.45, 7) is 4.92. The van der Waals surface area contributed by atoms with Crippen molar-refractivity contribution in [3.63, 3.8) is 0 Å². The second-order valence-corrected chi connectivity index (χ2v) is 3.47. The van der Waals surface area contributed by atoms with E-state index in [0.29, 0.717) is 0 Å². The summed E-state index contributed by atoms with van der Waals surface area (Å²) < 4.78 is 31.7. The van der Waals surface area contributed by atoms with Crippen molar-refractivity contribution in [3.05, 3.63) is 12.7 Å². The molecule has 1 aliphatic rings. The number of aliphatic carboxylic acids is 1. The summed E-state index contributed by atoms with van der Waals surface area (Å²) in [6.07, 6.45) is 2.15. The second-order valence-electron chi connectivity index (χ2n) is 3.47. The van der Waals surface area contributed by atoms with E-state index in [-0.39, 0.29) is 0 Å². The molecule has 6 heteroatoms. The third-order valence-electron chi connectivity index (χ3n) is 2.11. The fourth-order valence-corrected chi connectivity index (χ4v) is 1.33. The number of carboxylic acids is 1. The molecule has 1 rings (SSSR count). The summed E-state index contributed by atoms with van der Waals surface area (Å²) in [5.41, 5.74) is 0. The van der Waals surface area contributed by atoms with Gasteiger partial charge in [0, 0.05) is 6.04 Å². The number of hydrogen-bond donors (Lipinski definition) is 2. The topological polar surface area (TPSA) is 49.3 Å². The molecule has 1 fully saturated rings. The van der Waals surface area contributed by atoms with Crippen molar-refractivity contribution in [2.75, 3.05) is 6.54 Å². The summed E-state index contributed by atoms with van der Waals surface area (Å²) in [5.74, 6) is -2.76. The molecule has 1 atom stereocenters. The van der Waals surface area contributed by atoms with Gasteiger partial charge in [-0.2, -0.15) is 13.2 Å². The van der Waals surface area contributed by atoms with Crippen LogP contribution in [0.15, 0.2) is 12.7 Å². The highest BCUT2D eigenvalue weighted by atomic mass is 19.4. The van der Waals surface area contributed by atoms with Crippen molar-refractivity contribution >= 4 is 5.97 Å². The van der Waals surface area contributed by atoms with E-state index < -0.39 is 12.1 Å². The molecule has 94 valence electrons. The standard InChI is InChI=1S/C8H15N.C2HF3O2/c1-2-5-8-6-3-4-7-9-8;3-2(4,5)1(6)7/h2,8-9H,1,3-7H2;(H,6,7)/t8-;/m1./s1. The fraction of sp³-hybridized carbons (Fsp3) is 0.700. The molecule has 0 aromatic carbocycles. The molecule has 0 unspecified atom stereocenters. The van der Waals surface area contributed by atoms with E-state index in [0.717, 1.165) is 12.5 Å². The Balaban J connectivity index is 0.000000293. The molecule has 0 aromatic heterocycles. The van der Waals surface area contributed by atoms with Gasteiger partial charge in [-0.15, -0.1) is 6.58 Å². The molecule has 16 heavy (non-hydrogen) atoms. The Bertz CT molecular complexity index is 223. The van der Waals surface area contributed by atoms with Crippen LogP contribution < -0.4 is 5.32 Å². The lowest BCUT2D eigenvalue weighted by Gasteiger charge is -2.21. The number of halogens is 3. The lowest BCUT2D eigenvalue weighted by atomic mass is 10.0. The molecule has 0 amide bonds. The van der Waals surface area contributed by atoms with Crippen LogP contribution in [-0.2, 0) is 4.79 Å². The summed E-state index contributed by atoms with van der Waals surface area (Å²) in [6, 6.07) is 0.733. The van der Waals surface area contributed by atoms with Crippen LogP contribution in [0.2, 0.25) is 0 Å². The van der Waals surface area contributed by atoms with Gasteiger partial charge in [0.1, 0.15) is 0 Å². The normalized spacial score (nSPS) is 20.6. The molecule has 1 saturated heterocycles. The highest BCUT2D eigenvalue weighted by Crippen LogP contribution is 2.13. The van der Waals surface area contributed by atoms with E-state index in [1.165, 1.54) is 25.8 Å². The molecule has 0 spiro atoms. The van der Waals surface area contributed by atoms with Gasteiger partial charge in [0.15, 0.2) is 0 Å². The maximum absolute atomic E-state index is 10.6. The summed E-state index contributed by atoms with van der Waals surface area (Å²) in [4.78, 5) is 8.90. The van der Waals surface area contributed by atoms with Crippen LogP contribution in [0.4, 0.5) is 13.2 Å². The van der Waals surface area contributed by atoms with Crippen molar-refractivity contribution < 1.29 is 23.1 Å². The van der Waals surface area contributed by atoms with Gasteiger partial charge in [0.25, 0.3) is 0 Å². The highest BCUT2D eigenvalue weighted by Gasteiger charge is 2.38. The van der Waals surface area contributed by atoms with Crippen LogP contribution in [0.25, 0.3) is 0 Å². The van der Waals surface area contributed by atoms with Crippen LogP contribution in [0.5, 0.6) is 0 Å². The maximum atomic E-state index is 10.6. The van der Waals surface area contributed by atoms with Gasteiger partial charge in [-0.1, -0.05) is 12.5 Å². The summed E-state index contributed by atoms with van der Waals surface area (Å²) >= 11 is 0. The highest BCUT2D eigenvalue weighted by molar-refractivity contribution is 5.73. The first-order valence-corrected chi connectivity index (χ1v) is 5.02. The number of rotatable bonds is 2. The van der Waals surface area contributed by atoms with Crippen LogP contribution in [-0.4, -0.2) is 29.8 Å². The Morgan fingerprint density at radius 3 is 2.38 bits per heavy atom. The van der Waals surface area contributed by atoms with Crippen molar-refractivity contribution in [2.45, 2.75) is 37.9 Å². The van der Waals surface area contributed by atoms with Crippen LogP contribution in [0, 0.1) is 0 Å². The zero-order valence-electron chi connectivity index (χ0n) is 8.89. The predicted octanol–water partition coefficient (Wildman–Crippen LogP) is 2.34. The predicted molar refractivity (Wildman–Crippen MR) is 54.1 cm³/mol. The minimum absolute atomic E-state index is 0.733. The minimum atomic E-state index is -5.08. The first-order valence-electron chi connectivity index (χ1n) is 5.02. The molecule has 1 aliphatic heterocycles. The lowest BCUT2D eigenvalue weighted by Crippen LogP contribution is -2.33. The Labute approximate surface area is 92.3 Å². The molecular weight excluding hydrogens is 223 g/mol. The number of hydrogen-bond acceptors (Lipinski definition) is 2. The number of carboxylic acid groups (broad SMARTS) is 1. The Kier molecular flexibility index (Phi) is 6.80. The van der Waals surface area contributed by atoms with Gasteiger partial charge in [0.2, 0.25) is 0 Å². The minimum Gasteiger partial charge on any atom is -0.475 e. The average molecular weight is 239 g/mol. The van der Waals surface area contributed by atoms with Crippen molar-refractivity contribution in [2.24, 2.45) is 0 Å². The quantitative estimate of drug-likeness (QED) is 0.727. The molecule has 0 saturated carbocycles. The van der Waals surface area contributed by atoms with Gasteiger partial charge in [-0.05, 0) is 25.8 Å². The molecule has 1 heterocycles. The average Bonchev–Trinajstić information content (AvgIpc) is 2.19. The second kappa shape index (κ2) is 7.27. The zero-order valence-corrected chi connectivity index (χ0v) is 8.89. The maximum Gasteiger partial charge on any atom is 0.490 e. The van der Waals surface area contributed by atoms with E-state index in [9.17, 15) is 13.2 Å². The summed E-state index contributed by atoms with van der Waals surface area (Å²) in [7, 11) is 0. The Morgan fingerprint density at radius 2 is 2.06 bits per heavy atom. The smallest absolute Gasteiger partial charge is 0.475 e. The Morgan fingerprint density at radius 1 is 1.50 bits per heavy atom. The zero-order chi connectivity index (χ0) is 12.6. The number of piperidine rings is 1. The molecule has 0 radical (unpaired) electrons. The van der Waals surface area contributed by atoms with Gasteiger partial charge in [-0.3, -0.25) is 0 Å². The van der Waals surface area contributed by atoms with Gasteiger partial charge >= 0.3 is 12.1 Å². The van der Waals surface area contributed by atoms with Gasteiger partial charge in [-0.25, -0.2) is 4.79 Å². The SMILES string of the molecule is C=CC[C@@H]1CCCCN1.O=C(O)C(F)(F)F. The molecule has 3 nitrogen and oxygen atoms in total. The number of alkyl halides is 3. The molecule has 0 aliphatic carbocycles. The lowest BCUT2D eigenvalue weighted by molar-refractivity contribution is -0.192. The molecular formula is C10H16F3NO2. The van der Waals surface area contributed by atoms with E-state index >= 15 is 0 Å².